The third-order valence-corrected chi connectivity index (χ3v) is 5.29. The molecule has 8 nitrogen and oxygen atoms in total. The molecule has 0 bridgehead atoms. The van der Waals surface area contributed by atoms with Crippen molar-refractivity contribution < 1.29 is 23.9 Å². The first-order valence-electron chi connectivity index (χ1n) is 9.26. The van der Waals surface area contributed by atoms with Gasteiger partial charge in [0.1, 0.15) is 12.3 Å². The van der Waals surface area contributed by atoms with Crippen LogP contribution < -0.4 is 15.0 Å². The molecule has 1 aromatic heterocycles. The van der Waals surface area contributed by atoms with Gasteiger partial charge in [0, 0.05) is 6.54 Å². The number of carbonyl (C=O) groups excluding carboxylic acids is 3. The molecule has 156 valence electrons. The molecule has 3 rings (SSSR count). The summed E-state index contributed by atoms with van der Waals surface area (Å²) >= 11 is 1.39. The maximum absolute atomic E-state index is 12.5. The van der Waals surface area contributed by atoms with Crippen LogP contribution in [0.2, 0.25) is 0 Å². The number of rotatable bonds is 8. The minimum Gasteiger partial charge on any atom is -0.496 e. The van der Waals surface area contributed by atoms with E-state index in [1.165, 1.54) is 23.3 Å². The van der Waals surface area contributed by atoms with Crippen molar-refractivity contribution >= 4 is 44.5 Å². The Bertz CT molecular complexity index is 1030. The number of nitrogens with zero attached hydrogens (tertiary/aromatic N) is 2. The smallest absolute Gasteiger partial charge is 0.325 e. The summed E-state index contributed by atoms with van der Waals surface area (Å²) in [4.78, 5) is 42.6. The number of aromatic nitrogens is 1. The first kappa shape index (κ1) is 21.3. The molecule has 0 aliphatic carbocycles. The van der Waals surface area contributed by atoms with Crippen LogP contribution in [0.4, 0.5) is 5.13 Å². The second kappa shape index (κ2) is 9.84. The van der Waals surface area contributed by atoms with Gasteiger partial charge in [-0.05, 0) is 31.2 Å². The number of fused-ring (bicyclic) bond motifs is 1. The number of amides is 2. The Hall–Kier alpha value is -3.46. The molecular weight excluding hydrogens is 406 g/mol. The topological polar surface area (TPSA) is 97.8 Å². The lowest BCUT2D eigenvalue weighted by molar-refractivity contribution is -0.146. The van der Waals surface area contributed by atoms with Crippen LogP contribution in [0.25, 0.3) is 10.2 Å². The molecule has 1 heterocycles. The summed E-state index contributed by atoms with van der Waals surface area (Å²) in [5.41, 5.74) is 1.11. The number of hydrogen-bond donors (Lipinski definition) is 1. The van der Waals surface area contributed by atoms with Gasteiger partial charge in [-0.15, -0.1) is 0 Å². The van der Waals surface area contributed by atoms with Crippen molar-refractivity contribution in [1.29, 1.82) is 0 Å². The molecule has 0 aliphatic rings. The predicted octanol–water partition coefficient (Wildman–Crippen LogP) is 2.63. The van der Waals surface area contributed by atoms with E-state index in [4.69, 9.17) is 9.47 Å². The molecule has 2 aromatic carbocycles. The van der Waals surface area contributed by atoms with Gasteiger partial charge in [-0.25, -0.2) is 4.98 Å². The van der Waals surface area contributed by atoms with Gasteiger partial charge in [-0.3, -0.25) is 19.3 Å². The SMILES string of the molecule is CCN(C(=O)COC(=O)CNC(=O)c1ccccc1OC)c1nc2ccccc2s1. The summed E-state index contributed by atoms with van der Waals surface area (Å²) in [5.74, 6) is -1.18. The molecule has 2 amide bonds. The Kier molecular flexibility index (Phi) is 6.97. The lowest BCUT2D eigenvalue weighted by Gasteiger charge is -2.17. The van der Waals surface area contributed by atoms with E-state index in [-0.39, 0.29) is 12.5 Å². The molecule has 1 N–H and O–H groups in total. The third kappa shape index (κ3) is 4.93. The number of hydrogen-bond acceptors (Lipinski definition) is 7. The summed E-state index contributed by atoms with van der Waals surface area (Å²) in [6, 6.07) is 14.2. The molecule has 0 spiro atoms. The van der Waals surface area contributed by atoms with Crippen molar-refractivity contribution in [3.63, 3.8) is 0 Å². The van der Waals surface area contributed by atoms with Gasteiger partial charge in [0.25, 0.3) is 11.8 Å². The van der Waals surface area contributed by atoms with E-state index < -0.39 is 18.5 Å². The fourth-order valence-electron chi connectivity index (χ4n) is 2.74. The van der Waals surface area contributed by atoms with E-state index in [9.17, 15) is 14.4 Å². The van der Waals surface area contributed by atoms with Gasteiger partial charge in [0.15, 0.2) is 11.7 Å². The summed E-state index contributed by atoms with van der Waals surface area (Å²) in [5, 5.41) is 3.01. The number of likely N-dealkylation sites (N-methyl/N-ethyl adjacent to an activating group) is 1. The average Bonchev–Trinajstić information content (AvgIpc) is 3.20. The highest BCUT2D eigenvalue weighted by Crippen LogP contribution is 2.28. The Balaban J connectivity index is 1.53. The zero-order valence-electron chi connectivity index (χ0n) is 16.6. The summed E-state index contributed by atoms with van der Waals surface area (Å²) in [7, 11) is 1.46. The van der Waals surface area contributed by atoms with Crippen LogP contribution >= 0.6 is 11.3 Å². The minimum atomic E-state index is -0.716. The molecule has 0 atom stereocenters. The quantitative estimate of drug-likeness (QED) is 0.555. The van der Waals surface area contributed by atoms with Gasteiger partial charge in [0.05, 0.1) is 22.9 Å². The van der Waals surface area contributed by atoms with Crippen LogP contribution in [0.3, 0.4) is 0 Å². The lowest BCUT2D eigenvalue weighted by atomic mass is 10.2. The number of benzene rings is 2. The second-order valence-corrected chi connectivity index (χ2v) is 7.15. The molecule has 0 saturated carbocycles. The van der Waals surface area contributed by atoms with E-state index in [0.717, 1.165) is 10.2 Å². The van der Waals surface area contributed by atoms with E-state index in [0.29, 0.717) is 23.0 Å². The van der Waals surface area contributed by atoms with Crippen molar-refractivity contribution in [2.45, 2.75) is 6.92 Å². The fraction of sp³-hybridized carbons (Fsp3) is 0.238. The molecule has 3 aromatic rings. The van der Waals surface area contributed by atoms with Crippen LogP contribution in [0, 0.1) is 0 Å². The number of carbonyl (C=O) groups is 3. The molecular formula is C21H21N3O5S. The second-order valence-electron chi connectivity index (χ2n) is 6.15. The maximum atomic E-state index is 12.5. The lowest BCUT2D eigenvalue weighted by Crippen LogP contribution is -2.36. The van der Waals surface area contributed by atoms with Crippen molar-refractivity contribution in [2.75, 3.05) is 31.7 Å². The standard InChI is InChI=1S/C21H21N3O5S/c1-3-24(21-23-15-9-5-7-11-17(15)30-21)18(25)13-29-19(26)12-22-20(27)14-8-4-6-10-16(14)28-2/h4-11H,3,12-13H2,1-2H3,(H,22,27). The molecule has 0 fully saturated rings. The van der Waals surface area contributed by atoms with Crippen LogP contribution in [-0.4, -0.2) is 49.6 Å². The summed E-state index contributed by atoms with van der Waals surface area (Å²) < 4.78 is 11.1. The Morgan fingerprint density at radius 3 is 2.57 bits per heavy atom. The number of nitrogens with one attached hydrogen (secondary N) is 1. The first-order valence-corrected chi connectivity index (χ1v) is 10.1. The Labute approximate surface area is 177 Å². The van der Waals surface area contributed by atoms with Gasteiger partial charge in [0.2, 0.25) is 0 Å². The van der Waals surface area contributed by atoms with Gasteiger partial charge in [-0.2, -0.15) is 0 Å². The highest BCUT2D eigenvalue weighted by Gasteiger charge is 2.20. The summed E-state index contributed by atoms with van der Waals surface area (Å²) in [6.45, 7) is 1.41. The van der Waals surface area contributed by atoms with Crippen molar-refractivity contribution in [3.8, 4) is 5.75 Å². The number of para-hydroxylation sites is 2. The zero-order valence-corrected chi connectivity index (χ0v) is 17.4. The monoisotopic (exact) mass is 427 g/mol. The van der Waals surface area contributed by atoms with Crippen molar-refractivity contribution in [2.24, 2.45) is 0 Å². The highest BCUT2D eigenvalue weighted by molar-refractivity contribution is 7.22. The van der Waals surface area contributed by atoms with E-state index >= 15 is 0 Å². The van der Waals surface area contributed by atoms with Crippen LogP contribution in [0.15, 0.2) is 48.5 Å². The molecule has 9 heteroatoms. The third-order valence-electron chi connectivity index (χ3n) is 4.23. The largest absolute Gasteiger partial charge is 0.496 e. The van der Waals surface area contributed by atoms with Crippen molar-refractivity contribution in [1.82, 2.24) is 10.3 Å². The highest BCUT2D eigenvalue weighted by atomic mass is 32.1. The first-order chi connectivity index (χ1) is 14.5. The van der Waals surface area contributed by atoms with Gasteiger partial charge in [-0.1, -0.05) is 35.6 Å². The van der Waals surface area contributed by atoms with Gasteiger partial charge >= 0.3 is 5.97 Å². The fourth-order valence-corrected chi connectivity index (χ4v) is 3.79. The van der Waals surface area contributed by atoms with Crippen LogP contribution in [-0.2, 0) is 14.3 Å². The number of thiazole rings is 1. The Morgan fingerprint density at radius 2 is 1.83 bits per heavy atom. The molecule has 0 radical (unpaired) electrons. The van der Waals surface area contributed by atoms with Crippen LogP contribution in [0.5, 0.6) is 5.75 Å². The maximum Gasteiger partial charge on any atom is 0.325 e. The minimum absolute atomic E-state index is 0.303. The van der Waals surface area contributed by atoms with E-state index in [1.807, 2.05) is 31.2 Å². The molecule has 0 aliphatic heterocycles. The average molecular weight is 427 g/mol. The number of ether oxygens (including phenoxy) is 2. The molecule has 30 heavy (non-hydrogen) atoms. The number of esters is 1. The molecule has 0 saturated heterocycles. The molecule has 0 unspecified atom stereocenters. The van der Waals surface area contributed by atoms with E-state index in [2.05, 4.69) is 10.3 Å². The van der Waals surface area contributed by atoms with Crippen LogP contribution in [0.1, 0.15) is 17.3 Å². The van der Waals surface area contributed by atoms with Gasteiger partial charge < -0.3 is 14.8 Å². The summed E-state index contributed by atoms with van der Waals surface area (Å²) in [6.07, 6.45) is 0. The zero-order chi connectivity index (χ0) is 21.5. The predicted molar refractivity (Wildman–Crippen MR) is 114 cm³/mol. The Morgan fingerprint density at radius 1 is 1.10 bits per heavy atom. The normalized spacial score (nSPS) is 10.5. The van der Waals surface area contributed by atoms with E-state index in [1.54, 1.807) is 24.3 Å². The van der Waals surface area contributed by atoms with Crippen molar-refractivity contribution in [3.05, 3.63) is 54.1 Å². The number of methoxy groups -OCH3 is 1. The number of anilines is 1.